The summed E-state index contributed by atoms with van der Waals surface area (Å²) in [5.41, 5.74) is 3.66. The van der Waals surface area contributed by atoms with Gasteiger partial charge in [0.25, 0.3) is 5.91 Å². The lowest BCUT2D eigenvalue weighted by Crippen LogP contribution is -2.36. The third-order valence-electron chi connectivity index (χ3n) is 3.71. The summed E-state index contributed by atoms with van der Waals surface area (Å²) in [5, 5.41) is 13.8. The van der Waals surface area contributed by atoms with E-state index in [9.17, 15) is 9.90 Å². The van der Waals surface area contributed by atoms with Gasteiger partial charge in [0.1, 0.15) is 11.4 Å². The lowest BCUT2D eigenvalue weighted by molar-refractivity contribution is 0.0723. The first-order valence-corrected chi connectivity index (χ1v) is 6.65. The van der Waals surface area contributed by atoms with Crippen LogP contribution in [0.2, 0.25) is 0 Å². The van der Waals surface area contributed by atoms with Gasteiger partial charge in [0.2, 0.25) is 0 Å². The first-order chi connectivity index (χ1) is 9.54. The van der Waals surface area contributed by atoms with Crippen LogP contribution in [0.3, 0.4) is 0 Å². The smallest absolute Gasteiger partial charge is 0.272 e. The Balaban J connectivity index is 1.86. The number of benzene rings is 1. The summed E-state index contributed by atoms with van der Waals surface area (Å²) < 4.78 is 1.62. The number of carbonyl (C=O) groups excluding carboxylic acids is 1. The van der Waals surface area contributed by atoms with Crippen molar-refractivity contribution in [1.82, 2.24) is 14.7 Å². The highest BCUT2D eigenvalue weighted by Crippen LogP contribution is 2.24. The number of carbonyl (C=O) groups is 1. The van der Waals surface area contributed by atoms with Crippen LogP contribution in [0.4, 0.5) is 0 Å². The Hall–Kier alpha value is -2.30. The van der Waals surface area contributed by atoms with E-state index in [4.69, 9.17) is 0 Å². The number of phenols is 1. The van der Waals surface area contributed by atoms with Gasteiger partial charge < -0.3 is 10.0 Å². The molecule has 20 heavy (non-hydrogen) atoms. The lowest BCUT2D eigenvalue weighted by Gasteiger charge is -2.28. The summed E-state index contributed by atoms with van der Waals surface area (Å²) in [7, 11) is 1.78. The molecule has 0 saturated carbocycles. The van der Waals surface area contributed by atoms with Gasteiger partial charge in [-0.05, 0) is 42.7 Å². The minimum Gasteiger partial charge on any atom is -0.508 e. The normalized spacial score (nSPS) is 14.2. The molecule has 5 nitrogen and oxygen atoms in total. The highest BCUT2D eigenvalue weighted by atomic mass is 16.3. The molecular formula is C15H17N3O2. The van der Waals surface area contributed by atoms with Gasteiger partial charge in [-0.15, -0.1) is 0 Å². The number of aromatic nitrogens is 2. The lowest BCUT2D eigenvalue weighted by atomic mass is 9.99. The van der Waals surface area contributed by atoms with E-state index >= 15 is 0 Å². The van der Waals surface area contributed by atoms with Crippen LogP contribution in [0.15, 0.2) is 24.3 Å². The molecule has 0 saturated heterocycles. The van der Waals surface area contributed by atoms with Gasteiger partial charge in [-0.1, -0.05) is 6.07 Å². The quantitative estimate of drug-likeness (QED) is 0.857. The van der Waals surface area contributed by atoms with E-state index < -0.39 is 0 Å². The molecular weight excluding hydrogens is 254 g/mol. The molecule has 1 amide bonds. The third-order valence-corrected chi connectivity index (χ3v) is 3.71. The third kappa shape index (κ3) is 2.15. The number of hydrogen-bond acceptors (Lipinski definition) is 3. The zero-order valence-electron chi connectivity index (χ0n) is 11.6. The largest absolute Gasteiger partial charge is 0.508 e. The predicted octanol–water partition coefficient (Wildman–Crippen LogP) is 1.63. The number of nitrogens with zero attached hydrogens (tertiary/aromatic N) is 3. The Morgan fingerprint density at radius 1 is 1.30 bits per heavy atom. The number of hydrogen-bond donors (Lipinski definition) is 1. The van der Waals surface area contributed by atoms with E-state index in [1.807, 2.05) is 13.0 Å². The number of amides is 1. The van der Waals surface area contributed by atoms with E-state index in [2.05, 4.69) is 5.10 Å². The second-order valence-corrected chi connectivity index (χ2v) is 5.22. The number of phenolic OH excluding ortho intramolecular Hbond substituents is 1. The molecule has 104 valence electrons. The molecule has 0 unspecified atom stereocenters. The number of aromatic hydroxyl groups is 1. The minimum atomic E-state index is -0.0120. The van der Waals surface area contributed by atoms with Crippen LogP contribution in [0, 0.1) is 6.92 Å². The molecule has 1 aliphatic rings. The van der Waals surface area contributed by atoms with E-state index in [1.165, 1.54) is 5.56 Å². The zero-order valence-corrected chi connectivity index (χ0v) is 11.6. The maximum atomic E-state index is 12.5. The predicted molar refractivity (Wildman–Crippen MR) is 74.5 cm³/mol. The van der Waals surface area contributed by atoms with E-state index in [0.717, 1.165) is 17.7 Å². The summed E-state index contributed by atoms with van der Waals surface area (Å²) in [5.74, 6) is 0.233. The molecule has 1 aliphatic heterocycles. The number of rotatable bonds is 1. The van der Waals surface area contributed by atoms with Gasteiger partial charge in [0, 0.05) is 20.1 Å². The molecule has 0 fully saturated rings. The van der Waals surface area contributed by atoms with Crippen molar-refractivity contribution in [2.24, 2.45) is 7.05 Å². The van der Waals surface area contributed by atoms with E-state index in [1.54, 1.807) is 34.8 Å². The van der Waals surface area contributed by atoms with Crippen LogP contribution in [0.1, 0.15) is 27.3 Å². The molecule has 0 radical (unpaired) electrons. The summed E-state index contributed by atoms with van der Waals surface area (Å²) in [6, 6.07) is 7.17. The molecule has 0 bridgehead atoms. The minimum absolute atomic E-state index is 0.0120. The Morgan fingerprint density at radius 2 is 2.10 bits per heavy atom. The Labute approximate surface area is 117 Å². The molecule has 0 atom stereocenters. The van der Waals surface area contributed by atoms with Crippen LogP contribution in [-0.4, -0.2) is 32.2 Å². The standard InChI is InChI=1S/C15H17N3O2/c1-10-7-14(17(2)16-10)15(20)18-6-5-11-3-4-13(19)8-12(11)9-18/h3-4,7-8,19H,5-6,9H2,1-2H3. The van der Waals surface area contributed by atoms with Gasteiger partial charge in [-0.2, -0.15) is 5.10 Å². The molecule has 1 aromatic heterocycles. The van der Waals surface area contributed by atoms with Crippen molar-refractivity contribution >= 4 is 5.91 Å². The van der Waals surface area contributed by atoms with Gasteiger partial charge in [-0.3, -0.25) is 9.48 Å². The Bertz CT molecular complexity index is 676. The summed E-state index contributed by atoms with van der Waals surface area (Å²) in [6.07, 6.45) is 0.818. The van der Waals surface area contributed by atoms with Crippen molar-refractivity contribution in [3.05, 3.63) is 46.8 Å². The molecule has 2 heterocycles. The van der Waals surface area contributed by atoms with Crippen molar-refractivity contribution in [3.63, 3.8) is 0 Å². The van der Waals surface area contributed by atoms with E-state index in [0.29, 0.717) is 18.8 Å². The average Bonchev–Trinajstić information content (AvgIpc) is 2.76. The molecule has 1 N–H and O–H groups in total. The summed E-state index contributed by atoms with van der Waals surface area (Å²) >= 11 is 0. The maximum Gasteiger partial charge on any atom is 0.272 e. The van der Waals surface area contributed by atoms with Gasteiger partial charge in [-0.25, -0.2) is 0 Å². The van der Waals surface area contributed by atoms with Crippen LogP contribution >= 0.6 is 0 Å². The SMILES string of the molecule is Cc1cc(C(=O)N2CCc3ccc(O)cc3C2)n(C)n1. The van der Waals surface area contributed by atoms with Crippen LogP contribution in [-0.2, 0) is 20.0 Å². The van der Waals surface area contributed by atoms with Crippen LogP contribution in [0.5, 0.6) is 5.75 Å². The van der Waals surface area contributed by atoms with Gasteiger partial charge in [0.15, 0.2) is 0 Å². The second kappa shape index (κ2) is 4.67. The van der Waals surface area contributed by atoms with Crippen LogP contribution < -0.4 is 0 Å². The van der Waals surface area contributed by atoms with Crippen molar-refractivity contribution in [2.75, 3.05) is 6.54 Å². The molecule has 5 heteroatoms. The Morgan fingerprint density at radius 3 is 2.80 bits per heavy atom. The fourth-order valence-corrected chi connectivity index (χ4v) is 2.69. The molecule has 3 rings (SSSR count). The molecule has 0 spiro atoms. The van der Waals surface area contributed by atoms with Crippen molar-refractivity contribution in [3.8, 4) is 5.75 Å². The number of fused-ring (bicyclic) bond motifs is 1. The average molecular weight is 271 g/mol. The van der Waals surface area contributed by atoms with Gasteiger partial charge >= 0.3 is 0 Å². The highest BCUT2D eigenvalue weighted by Gasteiger charge is 2.24. The van der Waals surface area contributed by atoms with Crippen molar-refractivity contribution in [2.45, 2.75) is 19.9 Å². The second-order valence-electron chi connectivity index (χ2n) is 5.22. The highest BCUT2D eigenvalue weighted by molar-refractivity contribution is 5.92. The first-order valence-electron chi connectivity index (χ1n) is 6.65. The zero-order chi connectivity index (χ0) is 14.3. The first kappa shape index (κ1) is 12.7. The summed E-state index contributed by atoms with van der Waals surface area (Å²) in [6.45, 7) is 3.11. The summed E-state index contributed by atoms with van der Waals surface area (Å²) in [4.78, 5) is 14.3. The van der Waals surface area contributed by atoms with Crippen molar-refractivity contribution < 1.29 is 9.90 Å². The molecule has 1 aromatic carbocycles. The van der Waals surface area contributed by atoms with Crippen LogP contribution in [0.25, 0.3) is 0 Å². The monoisotopic (exact) mass is 271 g/mol. The van der Waals surface area contributed by atoms with E-state index in [-0.39, 0.29) is 11.7 Å². The Kier molecular flexibility index (Phi) is 2.97. The van der Waals surface area contributed by atoms with Gasteiger partial charge in [0.05, 0.1) is 5.69 Å². The fraction of sp³-hybridized carbons (Fsp3) is 0.333. The topological polar surface area (TPSA) is 58.4 Å². The maximum absolute atomic E-state index is 12.5. The fourth-order valence-electron chi connectivity index (χ4n) is 2.69. The van der Waals surface area contributed by atoms with Crippen molar-refractivity contribution in [1.29, 1.82) is 0 Å². The number of aryl methyl sites for hydroxylation is 2. The molecule has 2 aromatic rings. The molecule has 0 aliphatic carbocycles.